The highest BCUT2D eigenvalue weighted by Crippen LogP contribution is 2.36. The summed E-state index contributed by atoms with van der Waals surface area (Å²) in [5.74, 6) is 0. The van der Waals surface area contributed by atoms with E-state index in [1.165, 1.54) is 10.4 Å². The molecule has 0 aliphatic carbocycles. The Bertz CT molecular complexity index is 723. The fraction of sp³-hybridized carbons (Fsp3) is 0.318. The number of carbonyl (C=O) groups excluding carboxylic acids is 1. The number of aliphatic hydroxyl groups is 1. The van der Waals surface area contributed by atoms with Gasteiger partial charge in [-0.05, 0) is 21.5 Å². The average Bonchev–Trinajstić information content (AvgIpc) is 2.64. The van der Waals surface area contributed by atoms with Crippen molar-refractivity contribution < 1.29 is 14.0 Å². The molecule has 3 rings (SSSR count). The van der Waals surface area contributed by atoms with Gasteiger partial charge >= 0.3 is 12.4 Å². The van der Waals surface area contributed by atoms with E-state index >= 15 is 0 Å². The van der Waals surface area contributed by atoms with Gasteiger partial charge in [0.2, 0.25) is 0 Å². The molecule has 0 bridgehead atoms. The number of aliphatic hydroxyl groups excluding tert-OH is 1. The van der Waals surface area contributed by atoms with Gasteiger partial charge in [-0.1, -0.05) is 81.4 Å². The van der Waals surface area contributed by atoms with Crippen LogP contribution in [0.25, 0.3) is 0 Å². The topological polar surface area (TPSA) is 40.8 Å². The first-order valence-electron chi connectivity index (χ1n) is 9.04. The Morgan fingerprint density at radius 1 is 0.962 bits per heavy atom. The summed E-state index contributed by atoms with van der Waals surface area (Å²) in [6, 6.07) is 21.0. The third kappa shape index (κ3) is 3.58. The van der Waals surface area contributed by atoms with Crippen molar-refractivity contribution >= 4 is 25.0 Å². The van der Waals surface area contributed by atoms with E-state index in [9.17, 15) is 5.11 Å². The first-order chi connectivity index (χ1) is 12.4. The van der Waals surface area contributed by atoms with Crippen LogP contribution < -0.4 is 10.4 Å². The largest absolute Gasteiger partial charge is 0.398 e. The quantitative estimate of drug-likeness (QED) is 0.501. The van der Waals surface area contributed by atoms with Gasteiger partial charge < -0.3 is 9.53 Å². The molecule has 0 saturated carbocycles. The molecule has 2 aromatic carbocycles. The van der Waals surface area contributed by atoms with Crippen LogP contribution in [0, 0.1) is 0 Å². The Balaban J connectivity index is 2.06. The summed E-state index contributed by atoms with van der Waals surface area (Å²) in [5.41, 5.74) is 0. The molecule has 1 N–H and O–H groups in total. The molecule has 2 atom stereocenters. The van der Waals surface area contributed by atoms with Crippen LogP contribution in [-0.4, -0.2) is 38.5 Å². The second-order valence-corrected chi connectivity index (χ2v) is 12.0. The highest BCUT2D eigenvalue weighted by atomic mass is 28.4. The van der Waals surface area contributed by atoms with Crippen LogP contribution in [0.2, 0.25) is 5.04 Å². The van der Waals surface area contributed by atoms with Gasteiger partial charge in [-0.25, -0.2) is 0 Å². The first-order valence-corrected chi connectivity index (χ1v) is 10.9. The number of benzene rings is 2. The van der Waals surface area contributed by atoms with Crippen molar-refractivity contribution in [1.82, 2.24) is 0 Å². The molecule has 1 aliphatic heterocycles. The van der Waals surface area contributed by atoms with Gasteiger partial charge in [0.25, 0.3) is 8.32 Å². The standard InChI is InChI=1S/C22H27O3Si/c1-22(2,3)26(18-11-6-4-7-12-18,19-13-8-5-9-14-19)25-17-21-20(23)15-10-16-24-21/h4-16,20-21,23H,17H2,1-3H3/q+1/t20-,21+/m0/s1. The number of aldehydes is 1. The maximum atomic E-state index is 10.2. The molecule has 0 saturated heterocycles. The van der Waals surface area contributed by atoms with Crippen LogP contribution in [0.4, 0.5) is 0 Å². The molecule has 0 fully saturated rings. The van der Waals surface area contributed by atoms with Crippen LogP contribution in [0.5, 0.6) is 0 Å². The smallest absolute Gasteiger partial charge is 0.321 e. The third-order valence-electron chi connectivity index (χ3n) is 4.90. The van der Waals surface area contributed by atoms with Crippen molar-refractivity contribution in [3.63, 3.8) is 0 Å². The molecule has 2 aromatic rings. The van der Waals surface area contributed by atoms with Crippen molar-refractivity contribution in [3.05, 3.63) is 72.8 Å². The lowest BCUT2D eigenvalue weighted by Gasteiger charge is -2.43. The fourth-order valence-electron chi connectivity index (χ4n) is 3.62. The van der Waals surface area contributed by atoms with E-state index in [1.54, 1.807) is 18.4 Å². The number of hydrogen-bond donors (Lipinski definition) is 1. The molecule has 136 valence electrons. The number of hydrogen-bond acceptors (Lipinski definition) is 2. The van der Waals surface area contributed by atoms with Crippen molar-refractivity contribution in [2.75, 3.05) is 6.61 Å². The van der Waals surface area contributed by atoms with Crippen molar-refractivity contribution in [3.8, 4) is 0 Å². The number of rotatable bonds is 5. The molecular weight excluding hydrogens is 340 g/mol. The van der Waals surface area contributed by atoms with E-state index in [0.717, 1.165) is 0 Å². The predicted octanol–water partition coefficient (Wildman–Crippen LogP) is 2.60. The molecule has 0 spiro atoms. The minimum absolute atomic E-state index is 0.0884. The van der Waals surface area contributed by atoms with Gasteiger partial charge in [0.05, 0.1) is 0 Å². The van der Waals surface area contributed by atoms with Gasteiger partial charge in [0, 0.05) is 6.08 Å². The predicted molar refractivity (Wildman–Crippen MR) is 109 cm³/mol. The minimum atomic E-state index is -2.59. The third-order valence-corrected chi connectivity index (χ3v) is 9.91. The normalized spacial score (nSPS) is 20.3. The molecule has 3 nitrogen and oxygen atoms in total. The van der Waals surface area contributed by atoms with E-state index in [1.807, 2.05) is 12.1 Å². The summed E-state index contributed by atoms with van der Waals surface area (Å²) in [6.45, 7) is 7.06. The molecule has 4 heteroatoms. The lowest BCUT2D eigenvalue weighted by molar-refractivity contribution is -0.512. The second-order valence-electron chi connectivity index (χ2n) is 7.66. The Hall–Kier alpha value is -2.01. The van der Waals surface area contributed by atoms with Gasteiger partial charge in [-0.15, -0.1) is 0 Å². The van der Waals surface area contributed by atoms with Crippen LogP contribution in [0.3, 0.4) is 0 Å². The Morgan fingerprint density at radius 3 is 1.96 bits per heavy atom. The summed E-state index contributed by atoms with van der Waals surface area (Å²) in [5, 5.41) is 12.6. The maximum Gasteiger partial charge on any atom is 0.321 e. The maximum absolute atomic E-state index is 10.2. The molecule has 26 heavy (non-hydrogen) atoms. The van der Waals surface area contributed by atoms with E-state index in [-0.39, 0.29) is 11.1 Å². The van der Waals surface area contributed by atoms with E-state index < -0.39 is 14.4 Å². The summed E-state index contributed by atoms with van der Waals surface area (Å²) in [4.78, 5) is 0. The zero-order chi connectivity index (χ0) is 18.6. The number of allylic oxidation sites excluding steroid dienone is 1. The highest BCUT2D eigenvalue weighted by molar-refractivity contribution is 6.99. The summed E-state index contributed by atoms with van der Waals surface area (Å²) >= 11 is 0. The highest BCUT2D eigenvalue weighted by Gasteiger charge is 2.51. The summed E-state index contributed by atoms with van der Waals surface area (Å²) in [7, 11) is -2.59. The van der Waals surface area contributed by atoms with Crippen LogP contribution >= 0.6 is 0 Å². The Morgan fingerprint density at radius 2 is 1.50 bits per heavy atom. The minimum Gasteiger partial charge on any atom is -0.398 e. The Labute approximate surface area is 156 Å². The zero-order valence-electron chi connectivity index (χ0n) is 15.6. The zero-order valence-corrected chi connectivity index (χ0v) is 16.6. The lowest BCUT2D eigenvalue weighted by atomic mass is 10.2. The van der Waals surface area contributed by atoms with Crippen molar-refractivity contribution in [1.29, 1.82) is 0 Å². The molecule has 0 aromatic heterocycles. The van der Waals surface area contributed by atoms with E-state index in [0.29, 0.717) is 6.61 Å². The van der Waals surface area contributed by atoms with Gasteiger partial charge in [0.15, 0.2) is 6.10 Å². The first kappa shape index (κ1) is 18.8. The van der Waals surface area contributed by atoms with Crippen LogP contribution in [0.15, 0.2) is 72.8 Å². The summed E-state index contributed by atoms with van der Waals surface area (Å²) < 4.78 is 12.4. The molecular formula is C22H27O3Si+. The molecule has 0 amide bonds. The molecule has 0 unspecified atom stereocenters. The molecule has 1 aliphatic rings. The molecule has 0 radical (unpaired) electrons. The monoisotopic (exact) mass is 367 g/mol. The van der Waals surface area contributed by atoms with Gasteiger partial charge in [-0.3, -0.25) is 4.42 Å². The Kier molecular flexibility index (Phi) is 5.56. The van der Waals surface area contributed by atoms with E-state index in [2.05, 4.69) is 69.3 Å². The van der Waals surface area contributed by atoms with Gasteiger partial charge in [0.1, 0.15) is 6.61 Å². The summed E-state index contributed by atoms with van der Waals surface area (Å²) in [6.07, 6.45) is 4.04. The second kappa shape index (κ2) is 7.70. The lowest BCUT2D eigenvalue weighted by Crippen LogP contribution is -2.67. The van der Waals surface area contributed by atoms with Crippen molar-refractivity contribution in [2.45, 2.75) is 38.0 Å². The van der Waals surface area contributed by atoms with Gasteiger partial charge in [-0.2, -0.15) is 0 Å². The molecule has 1 heterocycles. The van der Waals surface area contributed by atoms with E-state index in [4.69, 9.17) is 8.85 Å². The SMILES string of the molecule is CC(C)(C)[Si](OC[C@H]1[O+]=CC=C[C@@H]1O)(c1ccccc1)c1ccccc1. The fourth-order valence-corrected chi connectivity index (χ4v) is 8.19. The van der Waals surface area contributed by atoms with Crippen LogP contribution in [0.1, 0.15) is 20.8 Å². The van der Waals surface area contributed by atoms with Crippen LogP contribution in [-0.2, 0) is 8.85 Å². The average molecular weight is 368 g/mol. The van der Waals surface area contributed by atoms with Crippen molar-refractivity contribution in [2.24, 2.45) is 0 Å².